The molecule has 3 aliphatic rings. The van der Waals surface area contributed by atoms with Gasteiger partial charge >= 0.3 is 0 Å². The second kappa shape index (κ2) is 10.5. The molecular formula is C32H33FN6O2. The van der Waals surface area contributed by atoms with E-state index in [9.17, 15) is 9.18 Å². The monoisotopic (exact) mass is 552 g/mol. The number of pyridine rings is 3. The number of amides is 1. The third kappa shape index (κ3) is 5.39. The number of aromatic nitrogens is 3. The molecule has 8 nitrogen and oxygen atoms in total. The summed E-state index contributed by atoms with van der Waals surface area (Å²) in [5.74, 6) is 0.156. The fraction of sp³-hybridized carbons (Fsp3) is 0.375. The summed E-state index contributed by atoms with van der Waals surface area (Å²) in [6.07, 6.45) is 6.12. The second-order valence-corrected chi connectivity index (χ2v) is 11.5. The molecule has 0 bridgehead atoms. The van der Waals surface area contributed by atoms with Crippen molar-refractivity contribution in [2.45, 2.75) is 50.8 Å². The van der Waals surface area contributed by atoms with Gasteiger partial charge in [-0.25, -0.2) is 14.4 Å². The quantitative estimate of drug-likeness (QED) is 0.353. The number of fused-ring (bicyclic) bond motifs is 1. The van der Waals surface area contributed by atoms with Crippen LogP contribution >= 0.6 is 0 Å². The van der Waals surface area contributed by atoms with Crippen molar-refractivity contribution < 1.29 is 13.9 Å². The van der Waals surface area contributed by atoms with E-state index in [1.807, 2.05) is 43.3 Å². The van der Waals surface area contributed by atoms with Crippen LogP contribution in [0.4, 0.5) is 10.2 Å². The lowest BCUT2D eigenvalue weighted by Crippen LogP contribution is -2.52. The Bertz CT molecular complexity index is 1630. The SMILES string of the molecule is Cc1ccc(C(=O)NCc2cc3nc(-c4cc(F)cc(N5CCNC6(CC6)C5)n4)ccc3cn2)cc1[C@H]1CCCO1. The number of anilines is 1. The Balaban J connectivity index is 1.09. The molecule has 3 fully saturated rings. The Labute approximate surface area is 238 Å². The van der Waals surface area contributed by atoms with Crippen LogP contribution in [0.25, 0.3) is 22.3 Å². The van der Waals surface area contributed by atoms with Gasteiger partial charge < -0.3 is 20.3 Å². The molecule has 1 amide bonds. The molecule has 9 heteroatoms. The first-order valence-corrected chi connectivity index (χ1v) is 14.4. The van der Waals surface area contributed by atoms with Crippen molar-refractivity contribution in [3.63, 3.8) is 0 Å². The minimum absolute atomic E-state index is 0.0560. The second-order valence-electron chi connectivity index (χ2n) is 11.5. The van der Waals surface area contributed by atoms with E-state index in [0.717, 1.165) is 68.4 Å². The third-order valence-corrected chi connectivity index (χ3v) is 8.47. The highest BCUT2D eigenvalue weighted by Crippen LogP contribution is 2.39. The van der Waals surface area contributed by atoms with E-state index >= 15 is 0 Å². The van der Waals surface area contributed by atoms with Gasteiger partial charge in [0, 0.05) is 61.1 Å². The summed E-state index contributed by atoms with van der Waals surface area (Å²) in [7, 11) is 0. The van der Waals surface area contributed by atoms with Crippen LogP contribution in [-0.2, 0) is 11.3 Å². The Hall–Kier alpha value is -3.95. The molecule has 2 N–H and O–H groups in total. The molecule has 0 unspecified atom stereocenters. The number of halogens is 1. The van der Waals surface area contributed by atoms with Gasteiger partial charge in [-0.2, -0.15) is 0 Å². The fourth-order valence-electron chi connectivity index (χ4n) is 5.94. The van der Waals surface area contributed by atoms with E-state index in [2.05, 4.69) is 20.5 Å². The van der Waals surface area contributed by atoms with Crippen LogP contribution in [0, 0.1) is 12.7 Å². The predicted molar refractivity (Wildman–Crippen MR) is 155 cm³/mol. The Kier molecular flexibility index (Phi) is 6.63. The smallest absolute Gasteiger partial charge is 0.251 e. The zero-order chi connectivity index (χ0) is 28.0. The maximum atomic E-state index is 14.7. The molecule has 5 heterocycles. The molecule has 1 aliphatic carbocycles. The number of carbonyl (C=O) groups excluding carboxylic acids is 1. The van der Waals surface area contributed by atoms with Crippen molar-refractivity contribution in [1.29, 1.82) is 0 Å². The molecular weight excluding hydrogens is 519 g/mol. The standard InChI is InChI=1S/C32H33FN6O2/c1-20-4-5-21(13-25(20)29-3-2-12-41-29)31(40)35-18-24-16-27-22(17-34-24)6-7-26(37-27)28-14-23(33)15-30(38-28)39-11-10-36-32(19-39)8-9-32/h4-7,13-17,29,36H,2-3,8-12,18-19H2,1H3,(H,35,40)/t29-/m1/s1. The Morgan fingerprint density at radius 2 is 2.05 bits per heavy atom. The fourth-order valence-corrected chi connectivity index (χ4v) is 5.94. The number of carbonyl (C=O) groups is 1. The van der Waals surface area contributed by atoms with Crippen molar-refractivity contribution in [3.8, 4) is 11.4 Å². The van der Waals surface area contributed by atoms with E-state index in [4.69, 9.17) is 14.7 Å². The Morgan fingerprint density at radius 1 is 1.15 bits per heavy atom. The predicted octanol–water partition coefficient (Wildman–Crippen LogP) is 4.86. The summed E-state index contributed by atoms with van der Waals surface area (Å²) in [5.41, 5.74) is 5.47. The summed E-state index contributed by atoms with van der Waals surface area (Å²) in [6.45, 7) is 5.57. The van der Waals surface area contributed by atoms with Crippen molar-refractivity contribution in [1.82, 2.24) is 25.6 Å². The van der Waals surface area contributed by atoms with Gasteiger partial charge in [0.25, 0.3) is 5.91 Å². The van der Waals surface area contributed by atoms with Gasteiger partial charge in [-0.05, 0) is 74.1 Å². The van der Waals surface area contributed by atoms with Gasteiger partial charge in [0.2, 0.25) is 0 Å². The molecule has 3 aromatic heterocycles. The van der Waals surface area contributed by atoms with Crippen molar-refractivity contribution in [2.24, 2.45) is 0 Å². The lowest BCUT2D eigenvalue weighted by molar-refractivity contribution is 0.0948. The molecule has 4 aromatic rings. The minimum atomic E-state index is -0.327. The van der Waals surface area contributed by atoms with Crippen LogP contribution in [0.15, 0.2) is 54.7 Å². The third-order valence-electron chi connectivity index (χ3n) is 8.47. The number of hydrogen-bond acceptors (Lipinski definition) is 7. The minimum Gasteiger partial charge on any atom is -0.374 e. The van der Waals surface area contributed by atoms with Crippen LogP contribution in [0.2, 0.25) is 0 Å². The maximum absolute atomic E-state index is 14.7. The van der Waals surface area contributed by atoms with Gasteiger partial charge in [0.1, 0.15) is 11.6 Å². The van der Waals surface area contributed by atoms with E-state index in [1.54, 1.807) is 6.20 Å². The number of rotatable bonds is 6. The van der Waals surface area contributed by atoms with Crippen molar-refractivity contribution >= 4 is 22.6 Å². The lowest BCUT2D eigenvalue weighted by atomic mass is 9.98. The van der Waals surface area contributed by atoms with E-state index < -0.39 is 0 Å². The Morgan fingerprint density at radius 3 is 2.88 bits per heavy atom. The highest BCUT2D eigenvalue weighted by atomic mass is 19.1. The molecule has 1 saturated carbocycles. The van der Waals surface area contributed by atoms with Gasteiger partial charge in [-0.1, -0.05) is 6.07 Å². The van der Waals surface area contributed by atoms with E-state index in [0.29, 0.717) is 34.0 Å². The van der Waals surface area contributed by atoms with Crippen molar-refractivity contribution in [3.05, 3.63) is 82.9 Å². The molecule has 7 rings (SSSR count). The van der Waals surface area contributed by atoms with Crippen molar-refractivity contribution in [2.75, 3.05) is 31.1 Å². The highest BCUT2D eigenvalue weighted by molar-refractivity contribution is 5.94. The van der Waals surface area contributed by atoms with E-state index in [-0.39, 0.29) is 29.9 Å². The first-order valence-electron chi connectivity index (χ1n) is 14.4. The highest BCUT2D eigenvalue weighted by Gasteiger charge is 2.45. The number of hydrogen-bond donors (Lipinski definition) is 2. The summed E-state index contributed by atoms with van der Waals surface area (Å²) in [6, 6.07) is 14.3. The van der Waals surface area contributed by atoms with Crippen LogP contribution in [0.1, 0.15) is 59.0 Å². The van der Waals surface area contributed by atoms with Gasteiger partial charge in [-0.15, -0.1) is 0 Å². The summed E-state index contributed by atoms with van der Waals surface area (Å²) in [5, 5.41) is 7.43. The summed E-state index contributed by atoms with van der Waals surface area (Å²) >= 11 is 0. The number of nitrogens with zero attached hydrogens (tertiary/aromatic N) is 4. The number of nitrogens with one attached hydrogen (secondary N) is 2. The van der Waals surface area contributed by atoms with Gasteiger partial charge in [-0.3, -0.25) is 9.78 Å². The molecule has 1 aromatic carbocycles. The van der Waals surface area contributed by atoms with E-state index in [1.165, 1.54) is 12.1 Å². The number of benzene rings is 1. The molecule has 2 aliphatic heterocycles. The largest absolute Gasteiger partial charge is 0.374 e. The molecule has 2 saturated heterocycles. The lowest BCUT2D eigenvalue weighted by Gasteiger charge is -2.35. The summed E-state index contributed by atoms with van der Waals surface area (Å²) < 4.78 is 20.6. The van der Waals surface area contributed by atoms with Crippen LogP contribution in [-0.4, -0.2) is 52.6 Å². The zero-order valence-corrected chi connectivity index (χ0v) is 23.1. The molecule has 41 heavy (non-hydrogen) atoms. The van der Waals surface area contributed by atoms with Crippen LogP contribution in [0.5, 0.6) is 0 Å². The first kappa shape index (κ1) is 26.0. The van der Waals surface area contributed by atoms with Crippen LogP contribution in [0.3, 0.4) is 0 Å². The van der Waals surface area contributed by atoms with Gasteiger partial charge in [0.15, 0.2) is 0 Å². The molecule has 1 spiro atoms. The average Bonchev–Trinajstić information content (AvgIpc) is 3.49. The zero-order valence-electron chi connectivity index (χ0n) is 23.1. The molecule has 210 valence electrons. The normalized spacial score (nSPS) is 19.6. The van der Waals surface area contributed by atoms with Gasteiger partial charge in [0.05, 0.1) is 35.2 Å². The van der Waals surface area contributed by atoms with Crippen LogP contribution < -0.4 is 15.5 Å². The molecule has 1 atom stereocenters. The number of aryl methyl sites for hydroxylation is 1. The average molecular weight is 553 g/mol. The molecule has 0 radical (unpaired) electrons. The summed E-state index contributed by atoms with van der Waals surface area (Å²) in [4.78, 5) is 29.3. The first-order chi connectivity index (χ1) is 19.9. The maximum Gasteiger partial charge on any atom is 0.251 e. The number of ether oxygens (including phenoxy) is 1. The number of piperazine rings is 1. The topological polar surface area (TPSA) is 92.3 Å².